The minimum absolute atomic E-state index is 0.0582. The van der Waals surface area contributed by atoms with Crippen molar-refractivity contribution in [1.82, 2.24) is 15.3 Å². The van der Waals surface area contributed by atoms with E-state index in [1.165, 1.54) is 6.07 Å². The highest BCUT2D eigenvalue weighted by atomic mass is 19.1. The first-order valence-electron chi connectivity index (χ1n) is 11.0. The maximum atomic E-state index is 14.7. The fourth-order valence-electron chi connectivity index (χ4n) is 3.89. The highest BCUT2D eigenvalue weighted by Crippen LogP contribution is 2.28. The first kappa shape index (κ1) is 23.0. The van der Waals surface area contributed by atoms with E-state index in [1.807, 2.05) is 24.3 Å². The number of nitrogens with one attached hydrogen (secondary N) is 1. The number of aromatic nitrogens is 2. The number of carboxylic acid groups (broad SMARTS) is 1. The molecule has 172 valence electrons. The molecule has 2 aromatic carbocycles. The minimum Gasteiger partial charge on any atom is -0.478 e. The number of carbonyl (C=O) groups is 2. The number of hydrogen-bond acceptors (Lipinski definition) is 4. The fourth-order valence-corrected chi connectivity index (χ4v) is 3.89. The summed E-state index contributed by atoms with van der Waals surface area (Å²) >= 11 is 0. The number of halogens is 1. The number of amides is 1. The van der Waals surface area contributed by atoms with Crippen LogP contribution in [0.4, 0.5) is 4.39 Å². The van der Waals surface area contributed by atoms with Gasteiger partial charge < -0.3 is 10.4 Å². The lowest BCUT2D eigenvalue weighted by Gasteiger charge is -2.11. The lowest BCUT2D eigenvalue weighted by Crippen LogP contribution is -2.23. The van der Waals surface area contributed by atoms with Crippen LogP contribution in [0.5, 0.6) is 0 Å². The highest BCUT2D eigenvalue weighted by molar-refractivity contribution is 5.97. The van der Waals surface area contributed by atoms with Gasteiger partial charge >= 0.3 is 5.97 Å². The van der Waals surface area contributed by atoms with Gasteiger partial charge in [-0.05, 0) is 66.8 Å². The number of aryl methyl sites for hydroxylation is 2. The van der Waals surface area contributed by atoms with E-state index in [-0.39, 0.29) is 18.0 Å². The molecular weight excluding hydrogens is 433 g/mol. The summed E-state index contributed by atoms with van der Waals surface area (Å²) in [5.74, 6) is -1.72. The maximum Gasteiger partial charge on any atom is 0.336 e. The molecule has 2 heterocycles. The van der Waals surface area contributed by atoms with E-state index in [2.05, 4.69) is 15.3 Å². The van der Waals surface area contributed by atoms with Gasteiger partial charge in [0.1, 0.15) is 5.82 Å². The number of fused-ring (bicyclic) bond motifs is 1. The molecule has 0 unspecified atom stereocenters. The summed E-state index contributed by atoms with van der Waals surface area (Å²) in [6, 6.07) is 17.4. The van der Waals surface area contributed by atoms with Crippen molar-refractivity contribution in [2.45, 2.75) is 32.7 Å². The zero-order chi connectivity index (χ0) is 24.1. The molecule has 2 N–H and O–H groups in total. The molecule has 0 atom stereocenters. The lowest BCUT2D eigenvalue weighted by molar-refractivity contribution is -0.121. The summed E-state index contributed by atoms with van der Waals surface area (Å²) in [5, 5.41) is 13.2. The second-order valence-corrected chi connectivity index (χ2v) is 8.09. The van der Waals surface area contributed by atoms with Crippen molar-refractivity contribution in [1.29, 1.82) is 0 Å². The zero-order valence-corrected chi connectivity index (χ0v) is 18.7. The number of benzene rings is 2. The summed E-state index contributed by atoms with van der Waals surface area (Å²) in [5.41, 5.74) is 3.59. The number of carboxylic acids is 1. The van der Waals surface area contributed by atoms with Gasteiger partial charge in [-0.3, -0.25) is 4.79 Å². The molecule has 34 heavy (non-hydrogen) atoms. The van der Waals surface area contributed by atoms with E-state index in [9.17, 15) is 19.1 Å². The fraction of sp³-hybridized carbons (Fsp3) is 0.185. The highest BCUT2D eigenvalue weighted by Gasteiger charge is 2.16. The zero-order valence-electron chi connectivity index (χ0n) is 18.7. The van der Waals surface area contributed by atoms with Crippen LogP contribution in [0.2, 0.25) is 0 Å². The van der Waals surface area contributed by atoms with E-state index < -0.39 is 11.8 Å². The second-order valence-electron chi connectivity index (χ2n) is 8.09. The van der Waals surface area contributed by atoms with Crippen molar-refractivity contribution in [3.63, 3.8) is 0 Å². The van der Waals surface area contributed by atoms with E-state index >= 15 is 0 Å². The molecule has 0 saturated heterocycles. The van der Waals surface area contributed by atoms with Gasteiger partial charge in [0.2, 0.25) is 5.91 Å². The Morgan fingerprint density at radius 1 is 1.06 bits per heavy atom. The number of rotatable bonds is 8. The third kappa shape index (κ3) is 5.26. The first-order chi connectivity index (χ1) is 16.4. The van der Waals surface area contributed by atoms with Gasteiger partial charge in [-0.25, -0.2) is 19.2 Å². The van der Waals surface area contributed by atoms with Crippen LogP contribution >= 0.6 is 0 Å². The number of aromatic carboxylic acids is 1. The minimum atomic E-state index is -1.06. The average Bonchev–Trinajstić information content (AvgIpc) is 2.82. The Labute approximate surface area is 196 Å². The predicted octanol–water partition coefficient (Wildman–Crippen LogP) is 5.08. The smallest absolute Gasteiger partial charge is 0.336 e. The van der Waals surface area contributed by atoms with Crippen LogP contribution < -0.4 is 5.32 Å². The van der Waals surface area contributed by atoms with E-state index in [0.29, 0.717) is 47.2 Å². The van der Waals surface area contributed by atoms with Crippen molar-refractivity contribution in [3.8, 4) is 11.1 Å². The SMILES string of the molecule is Cc1cccc(-c2ccc(CNC(=O)CCCc3ccc4cccnc4n3)c(F)c2)c1C(=O)O. The molecule has 0 radical (unpaired) electrons. The molecule has 0 aliphatic carbocycles. The molecule has 0 spiro atoms. The quantitative estimate of drug-likeness (QED) is 0.385. The maximum absolute atomic E-state index is 14.7. The topological polar surface area (TPSA) is 92.2 Å². The molecule has 0 aliphatic heterocycles. The molecule has 4 aromatic rings. The van der Waals surface area contributed by atoms with Crippen molar-refractivity contribution >= 4 is 22.9 Å². The Bertz CT molecular complexity index is 1370. The summed E-state index contributed by atoms with van der Waals surface area (Å²) in [6.07, 6.45) is 3.26. The summed E-state index contributed by atoms with van der Waals surface area (Å²) in [4.78, 5) is 32.6. The Morgan fingerprint density at radius 3 is 2.71 bits per heavy atom. The first-order valence-corrected chi connectivity index (χ1v) is 11.0. The molecule has 0 fully saturated rings. The van der Waals surface area contributed by atoms with Gasteiger partial charge in [0, 0.05) is 35.8 Å². The van der Waals surface area contributed by atoms with Crippen molar-refractivity contribution < 1.29 is 19.1 Å². The van der Waals surface area contributed by atoms with Crippen LogP contribution in [0.3, 0.4) is 0 Å². The monoisotopic (exact) mass is 457 g/mol. The lowest BCUT2D eigenvalue weighted by atomic mass is 9.95. The largest absolute Gasteiger partial charge is 0.478 e. The van der Waals surface area contributed by atoms with Crippen LogP contribution in [0, 0.1) is 12.7 Å². The molecule has 6 nitrogen and oxygen atoms in total. The van der Waals surface area contributed by atoms with E-state index in [1.54, 1.807) is 43.5 Å². The molecule has 4 rings (SSSR count). The van der Waals surface area contributed by atoms with Gasteiger partial charge in [-0.1, -0.05) is 30.3 Å². The number of pyridine rings is 2. The molecule has 0 saturated carbocycles. The summed E-state index contributed by atoms with van der Waals surface area (Å²) < 4.78 is 14.7. The molecule has 1 amide bonds. The Balaban J connectivity index is 1.33. The van der Waals surface area contributed by atoms with Crippen LogP contribution in [-0.2, 0) is 17.8 Å². The molecule has 2 aromatic heterocycles. The number of carbonyl (C=O) groups excluding carboxylic acids is 1. The van der Waals surface area contributed by atoms with Crippen LogP contribution in [0.15, 0.2) is 66.9 Å². The van der Waals surface area contributed by atoms with Gasteiger partial charge in [-0.15, -0.1) is 0 Å². The van der Waals surface area contributed by atoms with Gasteiger partial charge in [0.05, 0.1) is 5.56 Å². The number of nitrogens with zero attached hydrogens (tertiary/aromatic N) is 2. The number of hydrogen-bond donors (Lipinski definition) is 2. The van der Waals surface area contributed by atoms with Crippen molar-refractivity contribution in [3.05, 3.63) is 95.1 Å². The van der Waals surface area contributed by atoms with Crippen LogP contribution in [0.1, 0.15) is 40.0 Å². The second kappa shape index (κ2) is 10.2. The normalized spacial score (nSPS) is 10.9. The molecule has 7 heteroatoms. The van der Waals surface area contributed by atoms with E-state index in [0.717, 1.165) is 11.1 Å². The summed E-state index contributed by atoms with van der Waals surface area (Å²) in [6.45, 7) is 1.77. The molecule has 0 bridgehead atoms. The summed E-state index contributed by atoms with van der Waals surface area (Å²) in [7, 11) is 0. The Kier molecular flexibility index (Phi) is 6.92. The van der Waals surface area contributed by atoms with E-state index in [4.69, 9.17) is 0 Å². The third-order valence-electron chi connectivity index (χ3n) is 5.69. The van der Waals surface area contributed by atoms with Gasteiger partial charge in [0.25, 0.3) is 0 Å². The van der Waals surface area contributed by atoms with Crippen LogP contribution in [0.25, 0.3) is 22.2 Å². The molecular formula is C27H24FN3O3. The van der Waals surface area contributed by atoms with Gasteiger partial charge in [-0.2, -0.15) is 0 Å². The van der Waals surface area contributed by atoms with Crippen LogP contribution in [-0.4, -0.2) is 27.0 Å². The Hall–Kier alpha value is -4.13. The standard InChI is InChI=1S/C27H24FN3O3/c1-17-5-2-8-22(25(17)27(33)34)19-10-11-20(23(28)15-19)16-30-24(32)9-3-7-21-13-12-18-6-4-14-29-26(18)31-21/h2,4-6,8,10-15H,3,7,9,16H2,1H3,(H,30,32)(H,33,34). The Morgan fingerprint density at radius 2 is 1.91 bits per heavy atom. The predicted molar refractivity (Wildman–Crippen MR) is 128 cm³/mol. The van der Waals surface area contributed by atoms with Crippen molar-refractivity contribution in [2.24, 2.45) is 0 Å². The van der Waals surface area contributed by atoms with Gasteiger partial charge in [0.15, 0.2) is 5.65 Å². The molecule has 0 aliphatic rings. The average molecular weight is 458 g/mol. The third-order valence-corrected chi connectivity index (χ3v) is 5.69. The van der Waals surface area contributed by atoms with Crippen molar-refractivity contribution in [2.75, 3.05) is 0 Å².